The maximum Gasteiger partial charge on any atom is 0.319 e. The number of carbonyl (C=O) groups is 1. The van der Waals surface area contributed by atoms with Gasteiger partial charge in [0.1, 0.15) is 0 Å². The Morgan fingerprint density at radius 2 is 2.05 bits per heavy atom. The normalized spacial score (nSPS) is 22.8. The third-order valence-electron chi connectivity index (χ3n) is 3.76. The lowest BCUT2D eigenvalue weighted by Crippen LogP contribution is -2.34. The fraction of sp³-hybridized carbons (Fsp3) is 0.533. The molecule has 1 aromatic carbocycles. The Hall–Kier alpha value is -1.71. The summed E-state index contributed by atoms with van der Waals surface area (Å²) in [5.41, 5.74) is 7.06. The van der Waals surface area contributed by atoms with Gasteiger partial charge in [0.25, 0.3) is 0 Å². The summed E-state index contributed by atoms with van der Waals surface area (Å²) in [6.45, 7) is 3.06. The molecule has 1 aliphatic carbocycles. The summed E-state index contributed by atoms with van der Waals surface area (Å²) >= 11 is 0. The zero-order chi connectivity index (χ0) is 13.7. The number of nitrogens with two attached hydrogens (primary N) is 1. The molecule has 104 valence electrons. The van der Waals surface area contributed by atoms with Crippen molar-refractivity contribution in [1.82, 2.24) is 5.32 Å². The van der Waals surface area contributed by atoms with Gasteiger partial charge in [-0.3, -0.25) is 0 Å². The molecule has 4 heteroatoms. The van der Waals surface area contributed by atoms with Crippen molar-refractivity contribution in [2.24, 2.45) is 11.8 Å². The molecular formula is C15H23N3O. The summed E-state index contributed by atoms with van der Waals surface area (Å²) in [5, 5.41) is 5.77. The quantitative estimate of drug-likeness (QED) is 0.731. The summed E-state index contributed by atoms with van der Waals surface area (Å²) in [7, 11) is 0. The highest BCUT2D eigenvalue weighted by Gasteiger charge is 2.19. The summed E-state index contributed by atoms with van der Waals surface area (Å²) in [5.74, 6) is 1.42. The Kier molecular flexibility index (Phi) is 4.66. The predicted octanol–water partition coefficient (Wildman–Crippen LogP) is 3.22. The number of benzene rings is 1. The molecule has 0 heterocycles. The van der Waals surface area contributed by atoms with Crippen molar-refractivity contribution >= 4 is 17.4 Å². The van der Waals surface area contributed by atoms with Crippen LogP contribution in [-0.4, -0.2) is 12.6 Å². The molecule has 1 saturated carbocycles. The van der Waals surface area contributed by atoms with Crippen LogP contribution in [0.3, 0.4) is 0 Å². The summed E-state index contributed by atoms with van der Waals surface area (Å²) in [6, 6.07) is 7.02. The first-order chi connectivity index (χ1) is 9.13. The summed E-state index contributed by atoms with van der Waals surface area (Å²) in [6.07, 6.45) is 5.07. The van der Waals surface area contributed by atoms with Crippen LogP contribution in [0.1, 0.15) is 32.6 Å². The van der Waals surface area contributed by atoms with Crippen LogP contribution < -0.4 is 16.4 Å². The van der Waals surface area contributed by atoms with Gasteiger partial charge >= 0.3 is 6.03 Å². The van der Waals surface area contributed by atoms with Crippen molar-refractivity contribution in [2.45, 2.75) is 32.6 Å². The average Bonchev–Trinajstić information content (AvgIpc) is 2.39. The molecule has 0 radical (unpaired) electrons. The van der Waals surface area contributed by atoms with E-state index in [0.29, 0.717) is 11.6 Å². The van der Waals surface area contributed by atoms with Crippen LogP contribution in [0.5, 0.6) is 0 Å². The second-order valence-corrected chi connectivity index (χ2v) is 5.59. The number of carbonyl (C=O) groups excluding carboxylic acids is 1. The van der Waals surface area contributed by atoms with E-state index in [1.807, 2.05) is 0 Å². The first-order valence-electron chi connectivity index (χ1n) is 7.04. The Morgan fingerprint density at radius 1 is 1.32 bits per heavy atom. The topological polar surface area (TPSA) is 67.2 Å². The molecule has 2 rings (SSSR count). The lowest BCUT2D eigenvalue weighted by atomic mass is 9.82. The lowest BCUT2D eigenvalue weighted by Gasteiger charge is -2.26. The van der Waals surface area contributed by atoms with E-state index in [-0.39, 0.29) is 6.03 Å². The second kappa shape index (κ2) is 6.45. The highest BCUT2D eigenvalue weighted by Crippen LogP contribution is 2.27. The molecule has 4 nitrogen and oxygen atoms in total. The van der Waals surface area contributed by atoms with E-state index in [1.54, 1.807) is 24.3 Å². The molecule has 1 aliphatic rings. The van der Waals surface area contributed by atoms with Gasteiger partial charge in [0.15, 0.2) is 0 Å². The number of nitrogen functional groups attached to an aromatic ring is 1. The standard InChI is InChI=1S/C15H23N3O/c1-11-3-2-4-12(9-11)10-17-15(19)18-14-7-5-13(16)6-8-14/h5-8,11-12H,2-4,9-10,16H2,1H3,(H2,17,18,19). The maximum atomic E-state index is 11.8. The van der Waals surface area contributed by atoms with Crippen molar-refractivity contribution in [3.8, 4) is 0 Å². The van der Waals surface area contributed by atoms with Crippen molar-refractivity contribution in [1.29, 1.82) is 0 Å². The first kappa shape index (κ1) is 13.7. The van der Waals surface area contributed by atoms with Crippen LogP contribution in [0.25, 0.3) is 0 Å². The van der Waals surface area contributed by atoms with E-state index < -0.39 is 0 Å². The second-order valence-electron chi connectivity index (χ2n) is 5.59. The minimum Gasteiger partial charge on any atom is -0.399 e. The molecule has 1 aromatic rings. The van der Waals surface area contributed by atoms with E-state index in [0.717, 1.165) is 18.2 Å². The van der Waals surface area contributed by atoms with Gasteiger partial charge in [-0.1, -0.05) is 19.8 Å². The van der Waals surface area contributed by atoms with E-state index in [9.17, 15) is 4.79 Å². The summed E-state index contributed by atoms with van der Waals surface area (Å²) < 4.78 is 0. The number of anilines is 2. The van der Waals surface area contributed by atoms with E-state index in [4.69, 9.17) is 5.73 Å². The predicted molar refractivity (Wildman–Crippen MR) is 79.0 cm³/mol. The van der Waals surface area contributed by atoms with Crippen LogP contribution in [0.15, 0.2) is 24.3 Å². The Balaban J connectivity index is 1.73. The van der Waals surface area contributed by atoms with Gasteiger partial charge in [-0.15, -0.1) is 0 Å². The zero-order valence-corrected chi connectivity index (χ0v) is 11.5. The largest absolute Gasteiger partial charge is 0.399 e. The molecule has 2 atom stereocenters. The molecular weight excluding hydrogens is 238 g/mol. The van der Waals surface area contributed by atoms with Crippen molar-refractivity contribution in [2.75, 3.05) is 17.6 Å². The fourth-order valence-electron chi connectivity index (χ4n) is 2.72. The Bertz CT molecular complexity index is 416. The van der Waals surface area contributed by atoms with Crippen LogP contribution >= 0.6 is 0 Å². The molecule has 2 amide bonds. The third-order valence-corrected chi connectivity index (χ3v) is 3.76. The van der Waals surface area contributed by atoms with Gasteiger partial charge in [0.05, 0.1) is 0 Å². The van der Waals surface area contributed by atoms with Gasteiger partial charge in [-0.2, -0.15) is 0 Å². The maximum absolute atomic E-state index is 11.8. The van der Waals surface area contributed by atoms with Crippen LogP contribution in [-0.2, 0) is 0 Å². The molecule has 2 unspecified atom stereocenters. The van der Waals surface area contributed by atoms with Gasteiger partial charge in [-0.25, -0.2) is 4.79 Å². The Morgan fingerprint density at radius 3 is 2.74 bits per heavy atom. The van der Waals surface area contributed by atoms with Crippen molar-refractivity contribution < 1.29 is 4.79 Å². The average molecular weight is 261 g/mol. The van der Waals surface area contributed by atoms with Crippen LogP contribution in [0.2, 0.25) is 0 Å². The highest BCUT2D eigenvalue weighted by atomic mass is 16.2. The third kappa shape index (κ3) is 4.47. The zero-order valence-electron chi connectivity index (χ0n) is 11.5. The number of hydrogen-bond acceptors (Lipinski definition) is 2. The SMILES string of the molecule is CC1CCCC(CNC(=O)Nc2ccc(N)cc2)C1. The molecule has 0 spiro atoms. The van der Waals surface area contributed by atoms with Crippen LogP contribution in [0, 0.1) is 11.8 Å². The number of urea groups is 1. The van der Waals surface area contributed by atoms with Gasteiger partial charge in [0.2, 0.25) is 0 Å². The lowest BCUT2D eigenvalue weighted by molar-refractivity contribution is 0.241. The number of amides is 2. The van der Waals surface area contributed by atoms with Crippen molar-refractivity contribution in [3.05, 3.63) is 24.3 Å². The van der Waals surface area contributed by atoms with Gasteiger partial charge in [0, 0.05) is 17.9 Å². The van der Waals surface area contributed by atoms with Crippen molar-refractivity contribution in [3.63, 3.8) is 0 Å². The smallest absolute Gasteiger partial charge is 0.319 e. The minimum absolute atomic E-state index is 0.136. The fourth-order valence-corrected chi connectivity index (χ4v) is 2.72. The molecule has 1 fully saturated rings. The summed E-state index contributed by atoms with van der Waals surface area (Å²) in [4.78, 5) is 11.8. The van der Waals surface area contributed by atoms with E-state index in [1.165, 1.54) is 25.7 Å². The molecule has 0 bridgehead atoms. The molecule has 0 aromatic heterocycles. The first-order valence-corrected chi connectivity index (χ1v) is 7.04. The Labute approximate surface area is 114 Å². The number of rotatable bonds is 3. The number of nitrogens with one attached hydrogen (secondary N) is 2. The molecule has 4 N–H and O–H groups in total. The number of hydrogen-bond donors (Lipinski definition) is 3. The minimum atomic E-state index is -0.136. The highest BCUT2D eigenvalue weighted by molar-refractivity contribution is 5.89. The molecule has 0 saturated heterocycles. The monoisotopic (exact) mass is 261 g/mol. The van der Waals surface area contributed by atoms with Gasteiger partial charge < -0.3 is 16.4 Å². The van der Waals surface area contributed by atoms with Gasteiger partial charge in [-0.05, 0) is 48.9 Å². The van der Waals surface area contributed by atoms with E-state index in [2.05, 4.69) is 17.6 Å². The molecule has 0 aliphatic heterocycles. The van der Waals surface area contributed by atoms with Crippen LogP contribution in [0.4, 0.5) is 16.2 Å². The van der Waals surface area contributed by atoms with E-state index >= 15 is 0 Å². The molecule has 19 heavy (non-hydrogen) atoms.